The number of rotatable bonds is 3. The predicted octanol–water partition coefficient (Wildman–Crippen LogP) is 1.62. The van der Waals surface area contributed by atoms with Crippen LogP contribution in [0.4, 0.5) is 0 Å². The molecule has 2 aliphatic carbocycles. The van der Waals surface area contributed by atoms with Gasteiger partial charge in [0.1, 0.15) is 0 Å². The molecule has 0 amide bonds. The minimum atomic E-state index is 0.455. The molecule has 0 heterocycles. The molecule has 0 radical (unpaired) electrons. The van der Waals surface area contributed by atoms with Crippen molar-refractivity contribution in [3.05, 3.63) is 35.9 Å². The van der Waals surface area contributed by atoms with Crippen LogP contribution in [0.2, 0.25) is 0 Å². The van der Waals surface area contributed by atoms with E-state index >= 15 is 0 Å². The van der Waals surface area contributed by atoms with Gasteiger partial charge in [-0.05, 0) is 24.8 Å². The molecule has 0 saturated heterocycles. The lowest BCUT2D eigenvalue weighted by molar-refractivity contribution is 0.289. The van der Waals surface area contributed by atoms with Gasteiger partial charge in [0.15, 0.2) is 0 Å². The molecule has 80 valence electrons. The molecule has 3 rings (SSSR count). The van der Waals surface area contributed by atoms with E-state index in [4.69, 9.17) is 5.73 Å². The molecule has 1 aromatic rings. The highest BCUT2D eigenvalue weighted by atomic mass is 15.0. The number of hydrogen-bond acceptors (Lipinski definition) is 2. The first-order valence-electron chi connectivity index (χ1n) is 5.89. The Hall–Kier alpha value is -0.860. The van der Waals surface area contributed by atoms with E-state index in [0.29, 0.717) is 18.1 Å². The summed E-state index contributed by atoms with van der Waals surface area (Å²) in [4.78, 5) is 0. The fraction of sp³-hybridized carbons (Fsp3) is 0.538. The summed E-state index contributed by atoms with van der Waals surface area (Å²) in [7, 11) is 0. The lowest BCUT2D eigenvalue weighted by Gasteiger charge is -2.33. The zero-order valence-electron chi connectivity index (χ0n) is 8.89. The molecule has 1 aromatic carbocycles. The van der Waals surface area contributed by atoms with E-state index in [0.717, 1.165) is 18.8 Å². The van der Waals surface area contributed by atoms with Gasteiger partial charge in [0.05, 0.1) is 0 Å². The highest BCUT2D eigenvalue weighted by molar-refractivity contribution is 5.27. The molecule has 0 aromatic heterocycles. The van der Waals surface area contributed by atoms with Gasteiger partial charge < -0.3 is 11.1 Å². The molecule has 0 unspecified atom stereocenters. The predicted molar refractivity (Wildman–Crippen MR) is 61.7 cm³/mol. The standard InChI is InChI=1S/C13H18N2/c14-10-6-11(7-10)15-13-8-12(13)9-4-2-1-3-5-9/h1-5,10-13,15H,6-8,14H2/t10?,11?,12-,13+/m0/s1. The van der Waals surface area contributed by atoms with E-state index < -0.39 is 0 Å². The fourth-order valence-electron chi connectivity index (χ4n) is 2.55. The zero-order chi connectivity index (χ0) is 10.3. The smallest absolute Gasteiger partial charge is 0.0145 e. The van der Waals surface area contributed by atoms with Gasteiger partial charge in [0.2, 0.25) is 0 Å². The number of benzene rings is 1. The van der Waals surface area contributed by atoms with E-state index in [2.05, 4.69) is 35.6 Å². The normalized spacial score (nSPS) is 38.5. The van der Waals surface area contributed by atoms with Crippen molar-refractivity contribution in [1.29, 1.82) is 0 Å². The van der Waals surface area contributed by atoms with Crippen LogP contribution in [0.1, 0.15) is 30.7 Å². The second-order valence-corrected chi connectivity index (χ2v) is 4.95. The molecule has 2 nitrogen and oxygen atoms in total. The first kappa shape index (κ1) is 9.37. The van der Waals surface area contributed by atoms with Crippen LogP contribution in [0.3, 0.4) is 0 Å². The SMILES string of the molecule is NC1CC(N[C@@H]2C[C@H]2c2ccccc2)C1. The fourth-order valence-corrected chi connectivity index (χ4v) is 2.55. The van der Waals surface area contributed by atoms with E-state index in [1.54, 1.807) is 0 Å². The highest BCUT2D eigenvalue weighted by Crippen LogP contribution is 2.41. The van der Waals surface area contributed by atoms with E-state index in [9.17, 15) is 0 Å². The quantitative estimate of drug-likeness (QED) is 0.781. The molecule has 0 bridgehead atoms. The summed E-state index contributed by atoms with van der Waals surface area (Å²) < 4.78 is 0. The van der Waals surface area contributed by atoms with Gasteiger partial charge in [-0.1, -0.05) is 30.3 Å². The molecule has 15 heavy (non-hydrogen) atoms. The lowest BCUT2D eigenvalue weighted by Crippen LogP contribution is -2.49. The summed E-state index contributed by atoms with van der Waals surface area (Å²) in [5.74, 6) is 0.753. The van der Waals surface area contributed by atoms with Gasteiger partial charge in [-0.25, -0.2) is 0 Å². The summed E-state index contributed by atoms with van der Waals surface area (Å²) in [6.45, 7) is 0. The molecule has 2 atom stereocenters. The maximum atomic E-state index is 5.77. The van der Waals surface area contributed by atoms with Crippen LogP contribution in [0.25, 0.3) is 0 Å². The Morgan fingerprint density at radius 1 is 1.07 bits per heavy atom. The van der Waals surface area contributed by atoms with E-state index in [-0.39, 0.29) is 0 Å². The van der Waals surface area contributed by atoms with Crippen LogP contribution in [0.15, 0.2) is 30.3 Å². The Labute approximate surface area is 90.9 Å². The van der Waals surface area contributed by atoms with Crippen LogP contribution in [0, 0.1) is 0 Å². The Morgan fingerprint density at radius 2 is 1.80 bits per heavy atom. The van der Waals surface area contributed by atoms with Crippen molar-refractivity contribution >= 4 is 0 Å². The summed E-state index contributed by atoms with van der Waals surface area (Å²) in [6, 6.07) is 12.7. The summed E-state index contributed by atoms with van der Waals surface area (Å²) in [6.07, 6.45) is 3.63. The maximum absolute atomic E-state index is 5.77. The highest BCUT2D eigenvalue weighted by Gasteiger charge is 2.41. The average Bonchev–Trinajstić information content (AvgIpc) is 2.96. The molecular weight excluding hydrogens is 184 g/mol. The monoisotopic (exact) mass is 202 g/mol. The molecule has 2 fully saturated rings. The van der Waals surface area contributed by atoms with E-state index in [1.807, 2.05) is 0 Å². The summed E-state index contributed by atoms with van der Waals surface area (Å²) >= 11 is 0. The molecule has 0 aliphatic heterocycles. The van der Waals surface area contributed by atoms with E-state index in [1.165, 1.54) is 12.0 Å². The van der Waals surface area contributed by atoms with Gasteiger partial charge in [-0.3, -0.25) is 0 Å². The second kappa shape index (κ2) is 3.62. The van der Waals surface area contributed by atoms with Gasteiger partial charge in [0, 0.05) is 24.0 Å². The van der Waals surface area contributed by atoms with Crippen LogP contribution in [-0.4, -0.2) is 18.1 Å². The molecule has 0 spiro atoms. The first-order chi connectivity index (χ1) is 7.33. The number of nitrogens with two attached hydrogens (primary N) is 1. The van der Waals surface area contributed by atoms with Crippen molar-refractivity contribution < 1.29 is 0 Å². The van der Waals surface area contributed by atoms with Crippen molar-refractivity contribution in [3.63, 3.8) is 0 Å². The van der Waals surface area contributed by atoms with Crippen molar-refractivity contribution in [2.24, 2.45) is 5.73 Å². The van der Waals surface area contributed by atoms with Crippen LogP contribution in [0.5, 0.6) is 0 Å². The summed E-state index contributed by atoms with van der Waals surface area (Å²) in [5, 5.41) is 3.69. The average molecular weight is 202 g/mol. The zero-order valence-corrected chi connectivity index (χ0v) is 8.89. The molecule has 2 heteroatoms. The van der Waals surface area contributed by atoms with Crippen molar-refractivity contribution in [3.8, 4) is 0 Å². The Kier molecular flexibility index (Phi) is 2.26. The largest absolute Gasteiger partial charge is 0.328 e. The Morgan fingerprint density at radius 3 is 2.47 bits per heavy atom. The number of hydrogen-bond donors (Lipinski definition) is 2. The third-order valence-electron chi connectivity index (χ3n) is 3.64. The van der Waals surface area contributed by atoms with Crippen LogP contribution < -0.4 is 11.1 Å². The molecule has 2 saturated carbocycles. The molecular formula is C13H18N2. The minimum Gasteiger partial charge on any atom is -0.328 e. The molecule has 2 aliphatic rings. The topological polar surface area (TPSA) is 38.0 Å². The van der Waals surface area contributed by atoms with Gasteiger partial charge >= 0.3 is 0 Å². The summed E-state index contributed by atoms with van der Waals surface area (Å²) in [5.41, 5.74) is 7.26. The van der Waals surface area contributed by atoms with Gasteiger partial charge in [-0.15, -0.1) is 0 Å². The third-order valence-corrected chi connectivity index (χ3v) is 3.64. The van der Waals surface area contributed by atoms with Crippen molar-refractivity contribution in [2.45, 2.75) is 43.3 Å². The lowest BCUT2D eigenvalue weighted by atomic mass is 9.87. The molecule has 3 N–H and O–H groups in total. The maximum Gasteiger partial charge on any atom is 0.0145 e. The minimum absolute atomic E-state index is 0.455. The van der Waals surface area contributed by atoms with Gasteiger partial charge in [0.25, 0.3) is 0 Å². The Balaban J connectivity index is 1.52. The van der Waals surface area contributed by atoms with Crippen LogP contribution in [-0.2, 0) is 0 Å². The van der Waals surface area contributed by atoms with Crippen molar-refractivity contribution in [1.82, 2.24) is 5.32 Å². The van der Waals surface area contributed by atoms with Gasteiger partial charge in [-0.2, -0.15) is 0 Å². The number of nitrogens with one attached hydrogen (secondary N) is 1. The first-order valence-corrected chi connectivity index (χ1v) is 5.89. The van der Waals surface area contributed by atoms with Crippen molar-refractivity contribution in [2.75, 3.05) is 0 Å². The third kappa shape index (κ3) is 1.92. The Bertz CT molecular complexity index is 330. The second-order valence-electron chi connectivity index (χ2n) is 4.95. The van der Waals surface area contributed by atoms with Crippen LogP contribution >= 0.6 is 0 Å².